The smallest absolute Gasteiger partial charge is 0.415 e. The average Bonchev–Trinajstić information content (AvgIpc) is 3.04. The van der Waals surface area contributed by atoms with Gasteiger partial charge >= 0.3 is 6.09 Å². The highest BCUT2D eigenvalue weighted by Crippen LogP contribution is 2.22. The van der Waals surface area contributed by atoms with Crippen LogP contribution in [0.15, 0.2) is 65.8 Å². The van der Waals surface area contributed by atoms with Crippen molar-refractivity contribution in [2.45, 2.75) is 25.6 Å². The third-order valence-corrected chi connectivity index (χ3v) is 4.33. The molecule has 2 atom stereocenters. The molecule has 1 fully saturated rings. The van der Waals surface area contributed by atoms with Gasteiger partial charge in [-0.05, 0) is 37.3 Å². The van der Waals surface area contributed by atoms with Crippen LogP contribution in [0.25, 0.3) is 5.69 Å². The lowest BCUT2D eigenvalue weighted by Gasteiger charge is -2.28. The average molecular weight is 383 g/mol. The maximum atomic E-state index is 12.1. The number of likely N-dealkylation sites (tertiary alicyclic amines) is 1. The Morgan fingerprint density at radius 3 is 2.61 bits per heavy atom. The van der Waals surface area contributed by atoms with E-state index in [2.05, 4.69) is 11.9 Å². The van der Waals surface area contributed by atoms with Crippen LogP contribution in [0.3, 0.4) is 0 Å². The quantitative estimate of drug-likeness (QED) is 0.604. The first kappa shape index (κ1) is 19.4. The zero-order chi connectivity index (χ0) is 20.3. The van der Waals surface area contributed by atoms with Crippen LogP contribution in [-0.4, -0.2) is 45.3 Å². The van der Waals surface area contributed by atoms with E-state index in [0.29, 0.717) is 11.4 Å². The normalized spacial score (nSPS) is 17.3. The summed E-state index contributed by atoms with van der Waals surface area (Å²) in [7, 11) is 0. The maximum Gasteiger partial charge on any atom is 0.415 e. The summed E-state index contributed by atoms with van der Waals surface area (Å²) >= 11 is 0. The summed E-state index contributed by atoms with van der Waals surface area (Å²) in [6.45, 7) is 4.91. The molecule has 8 nitrogen and oxygen atoms in total. The first-order valence-electron chi connectivity index (χ1n) is 8.73. The van der Waals surface area contributed by atoms with E-state index < -0.39 is 18.4 Å². The van der Waals surface area contributed by atoms with E-state index in [1.807, 2.05) is 0 Å². The fourth-order valence-electron chi connectivity index (χ4n) is 3.03. The number of hydrogen-bond donors (Lipinski definition) is 2. The number of aromatic nitrogens is 1. The third-order valence-electron chi connectivity index (χ3n) is 4.33. The monoisotopic (exact) mass is 383 g/mol. The van der Waals surface area contributed by atoms with Gasteiger partial charge in [0.1, 0.15) is 6.23 Å². The van der Waals surface area contributed by atoms with Crippen LogP contribution >= 0.6 is 0 Å². The molecule has 0 aliphatic carbocycles. The Kier molecular flexibility index (Phi) is 5.60. The third kappa shape index (κ3) is 4.29. The summed E-state index contributed by atoms with van der Waals surface area (Å²) in [5, 5.41) is 13.4. The van der Waals surface area contributed by atoms with Gasteiger partial charge in [-0.25, -0.2) is 4.79 Å². The number of Topliss-reactive ketones (excluding diaryl/α,β-unsaturated/α-hetero) is 1. The van der Waals surface area contributed by atoms with Crippen LogP contribution in [0.1, 0.15) is 13.3 Å². The molecule has 1 amide bonds. The molecule has 146 valence electrons. The molecular weight excluding hydrogens is 362 g/mol. The minimum atomic E-state index is -1.17. The molecule has 1 aromatic heterocycles. The molecule has 8 heteroatoms. The highest BCUT2D eigenvalue weighted by atomic mass is 16.6. The van der Waals surface area contributed by atoms with Gasteiger partial charge in [0, 0.05) is 30.1 Å². The number of rotatable bonds is 5. The van der Waals surface area contributed by atoms with Gasteiger partial charge in [-0.3, -0.25) is 19.1 Å². The lowest BCUT2D eigenvalue weighted by atomic mass is 10.1. The first-order valence-corrected chi connectivity index (χ1v) is 8.73. The van der Waals surface area contributed by atoms with Crippen LogP contribution in [0.2, 0.25) is 0 Å². The molecule has 2 heterocycles. The van der Waals surface area contributed by atoms with Gasteiger partial charge in [-0.1, -0.05) is 12.6 Å². The van der Waals surface area contributed by atoms with Crippen LogP contribution < -0.4 is 10.9 Å². The van der Waals surface area contributed by atoms with Crippen molar-refractivity contribution in [3.8, 4) is 5.69 Å². The number of anilines is 1. The Morgan fingerprint density at radius 1 is 1.25 bits per heavy atom. The highest BCUT2D eigenvalue weighted by molar-refractivity contribution is 5.88. The number of carbonyl (C=O) groups is 2. The molecule has 2 N–H and O–H groups in total. The van der Waals surface area contributed by atoms with E-state index in [4.69, 9.17) is 4.74 Å². The first-order chi connectivity index (χ1) is 13.3. The van der Waals surface area contributed by atoms with Crippen molar-refractivity contribution in [2.75, 3.05) is 11.9 Å². The van der Waals surface area contributed by atoms with Gasteiger partial charge < -0.3 is 15.2 Å². The van der Waals surface area contributed by atoms with Crippen molar-refractivity contribution in [1.82, 2.24) is 9.47 Å². The maximum absolute atomic E-state index is 12.1. The number of aliphatic hydroxyl groups excluding tert-OH is 1. The molecule has 1 aromatic carbocycles. The van der Waals surface area contributed by atoms with Crippen molar-refractivity contribution in [1.29, 1.82) is 0 Å². The fraction of sp³-hybridized carbons (Fsp3) is 0.250. The summed E-state index contributed by atoms with van der Waals surface area (Å²) in [6.07, 6.45) is -0.205. The number of allylic oxidation sites excluding steroid dienone is 1. The van der Waals surface area contributed by atoms with Crippen molar-refractivity contribution < 1.29 is 19.4 Å². The second-order valence-corrected chi connectivity index (χ2v) is 6.55. The Morgan fingerprint density at radius 2 is 1.96 bits per heavy atom. The lowest BCUT2D eigenvalue weighted by Crippen LogP contribution is -2.46. The van der Waals surface area contributed by atoms with E-state index in [1.165, 1.54) is 22.5 Å². The highest BCUT2D eigenvalue weighted by Gasteiger charge is 2.39. The van der Waals surface area contributed by atoms with Gasteiger partial charge in [0.05, 0.1) is 18.3 Å². The number of hydrogen-bond acceptors (Lipinski definition) is 6. The minimum Gasteiger partial charge on any atom is -0.416 e. The molecule has 3 rings (SSSR count). The van der Waals surface area contributed by atoms with Crippen molar-refractivity contribution in [2.24, 2.45) is 0 Å². The Labute approximate surface area is 161 Å². The molecule has 1 aliphatic heterocycles. The molecular formula is C20H21N3O5. The molecule has 1 unspecified atom stereocenters. The number of carbonyl (C=O) groups excluding carboxylic acids is 2. The summed E-state index contributed by atoms with van der Waals surface area (Å²) < 4.78 is 6.45. The number of ether oxygens (including phenoxy) is 1. The Hall–Kier alpha value is -3.39. The van der Waals surface area contributed by atoms with Crippen molar-refractivity contribution in [3.63, 3.8) is 0 Å². The van der Waals surface area contributed by atoms with E-state index in [-0.39, 0.29) is 30.1 Å². The van der Waals surface area contributed by atoms with E-state index in [0.717, 1.165) is 0 Å². The summed E-state index contributed by atoms with van der Waals surface area (Å²) in [4.78, 5) is 37.0. The number of ketones is 1. The fourth-order valence-corrected chi connectivity index (χ4v) is 3.03. The zero-order valence-corrected chi connectivity index (χ0v) is 15.4. The van der Waals surface area contributed by atoms with Gasteiger partial charge in [0.15, 0.2) is 5.78 Å². The summed E-state index contributed by atoms with van der Waals surface area (Å²) in [6, 6.07) is 11.0. The van der Waals surface area contributed by atoms with Gasteiger partial charge in [0.25, 0.3) is 5.56 Å². The Balaban J connectivity index is 1.71. The summed E-state index contributed by atoms with van der Waals surface area (Å²) in [5.74, 6) is 0.0422. The topological polar surface area (TPSA) is 101 Å². The lowest BCUT2D eigenvalue weighted by molar-refractivity contribution is -0.117. The predicted octanol–water partition coefficient (Wildman–Crippen LogP) is 1.88. The van der Waals surface area contributed by atoms with Crippen LogP contribution in [0.4, 0.5) is 10.5 Å². The molecule has 2 aromatic rings. The van der Waals surface area contributed by atoms with Gasteiger partial charge in [0.2, 0.25) is 0 Å². The molecule has 0 saturated carbocycles. The summed E-state index contributed by atoms with van der Waals surface area (Å²) in [5.41, 5.74) is 1.10. The number of amides is 1. The SMILES string of the molecule is C=C(C)OC(=O)N1CC(=O)C[C@@H]1C(O)Nc1ccc(-n2ccccc2=O)cc1. The van der Waals surface area contributed by atoms with Crippen molar-refractivity contribution >= 4 is 17.6 Å². The largest absolute Gasteiger partial charge is 0.416 e. The molecule has 0 bridgehead atoms. The molecule has 0 spiro atoms. The number of aliphatic hydroxyl groups is 1. The zero-order valence-electron chi connectivity index (χ0n) is 15.4. The van der Waals surface area contributed by atoms with E-state index in [1.54, 1.807) is 42.6 Å². The second kappa shape index (κ2) is 8.10. The number of pyridine rings is 1. The standard InChI is InChI=1S/C20H21N3O5/c1-13(2)28-20(27)23-12-16(24)11-17(23)19(26)21-14-6-8-15(9-7-14)22-10-4-3-5-18(22)25/h3-10,17,19,21,26H,1,11-12H2,2H3/t17-,19?/m1/s1. The van der Waals surface area contributed by atoms with Crippen molar-refractivity contribution in [3.05, 3.63) is 71.4 Å². The molecule has 28 heavy (non-hydrogen) atoms. The van der Waals surface area contributed by atoms with E-state index in [9.17, 15) is 19.5 Å². The van der Waals surface area contributed by atoms with Crippen LogP contribution in [0.5, 0.6) is 0 Å². The van der Waals surface area contributed by atoms with E-state index >= 15 is 0 Å². The number of nitrogens with zero attached hydrogens (tertiary/aromatic N) is 2. The van der Waals surface area contributed by atoms with Gasteiger partial charge in [-0.2, -0.15) is 0 Å². The van der Waals surface area contributed by atoms with Gasteiger partial charge in [-0.15, -0.1) is 0 Å². The Bertz CT molecular complexity index is 951. The molecule has 0 radical (unpaired) electrons. The molecule has 1 saturated heterocycles. The minimum absolute atomic E-state index is 0.0248. The van der Waals surface area contributed by atoms with Crippen LogP contribution in [-0.2, 0) is 9.53 Å². The predicted molar refractivity (Wildman–Crippen MR) is 103 cm³/mol. The number of benzene rings is 1. The molecule has 1 aliphatic rings. The second-order valence-electron chi connectivity index (χ2n) is 6.55. The van der Waals surface area contributed by atoms with Crippen LogP contribution in [0, 0.1) is 0 Å². The number of nitrogens with one attached hydrogen (secondary N) is 1.